The Balaban J connectivity index is -0.0000000135. The second-order valence-electron chi connectivity index (χ2n) is 1.50. The first-order valence-electron chi connectivity index (χ1n) is 3.62. The Kier molecular flexibility index (Phi) is 197. The fraction of sp³-hybridized carbons (Fsp3) is 1.00. The van der Waals surface area contributed by atoms with Gasteiger partial charge in [-0.15, -0.1) is 0 Å². The maximum atomic E-state index is 6.26. The van der Waals surface area contributed by atoms with Crippen molar-refractivity contribution in [1.82, 2.24) is 0 Å². The van der Waals surface area contributed by atoms with E-state index >= 15 is 0 Å². The summed E-state index contributed by atoms with van der Waals surface area (Å²) in [4.78, 5) is 0. The Morgan fingerprint density at radius 1 is 0.375 bits per heavy atom. The zero-order valence-electron chi connectivity index (χ0n) is 8.71. The van der Waals surface area contributed by atoms with Gasteiger partial charge in [-0.3, -0.25) is 0 Å². The van der Waals surface area contributed by atoms with Gasteiger partial charge in [0.25, 0.3) is 0 Å². The van der Waals surface area contributed by atoms with E-state index < -0.39 is 0 Å². The Labute approximate surface area is 127 Å². The van der Waals surface area contributed by atoms with E-state index in [0.717, 1.165) is 0 Å². The van der Waals surface area contributed by atoms with E-state index in [2.05, 4.69) is 0 Å². The van der Waals surface area contributed by atoms with Crippen molar-refractivity contribution in [2.75, 3.05) is 39.3 Å². The molecule has 0 unspecified atom stereocenters. The van der Waals surface area contributed by atoms with Gasteiger partial charge in [0.15, 0.2) is 0 Å². The third kappa shape index (κ3) is 177. The van der Waals surface area contributed by atoms with Crippen molar-refractivity contribution in [3.63, 3.8) is 0 Å². The SMILES string of the molecule is [Cl-].[Cl-].[Cl-].[Co+3].[NH-]CC[NH-].[NH-]CC[NH-].[NH-]CC[NH-]. The van der Waals surface area contributed by atoms with Crippen LogP contribution in [0, 0.1) is 0 Å². The van der Waals surface area contributed by atoms with Gasteiger partial charge < -0.3 is 71.6 Å². The third-order valence-corrected chi connectivity index (χ3v) is 0.375. The minimum atomic E-state index is 0. The van der Waals surface area contributed by atoms with Crippen LogP contribution in [0.3, 0.4) is 0 Å². The normalized spacial score (nSPS) is 5.62. The average molecular weight is 340 g/mol. The van der Waals surface area contributed by atoms with Crippen LogP contribution < -0.4 is 37.2 Å². The van der Waals surface area contributed by atoms with Gasteiger partial charge in [0.2, 0.25) is 0 Å². The molecule has 0 saturated carbocycles. The molecule has 0 aliphatic carbocycles. The predicted molar refractivity (Wildman–Crippen MR) is 55.1 cm³/mol. The van der Waals surface area contributed by atoms with Crippen LogP contribution in [-0.2, 0) is 16.8 Å². The minimum absolute atomic E-state index is 0. The van der Waals surface area contributed by atoms with Gasteiger partial charge in [-0.1, -0.05) is 0 Å². The van der Waals surface area contributed by atoms with Gasteiger partial charge in [0, 0.05) is 0 Å². The summed E-state index contributed by atoms with van der Waals surface area (Å²) < 4.78 is 0. The van der Waals surface area contributed by atoms with E-state index in [9.17, 15) is 0 Å². The molecular weight excluding hydrogens is 321 g/mol. The van der Waals surface area contributed by atoms with Crippen LogP contribution in [0.25, 0.3) is 34.4 Å². The molecule has 0 aromatic carbocycles. The largest absolute Gasteiger partial charge is 3.00 e. The predicted octanol–water partition coefficient (Wildman–Crippen LogP) is -5.72. The summed E-state index contributed by atoms with van der Waals surface area (Å²) in [5.41, 5.74) is 37.6. The second kappa shape index (κ2) is 72.6. The van der Waals surface area contributed by atoms with Crippen molar-refractivity contribution >= 4 is 0 Å². The van der Waals surface area contributed by atoms with E-state index in [0.29, 0.717) is 0 Å². The molecule has 0 bridgehead atoms. The van der Waals surface area contributed by atoms with Crippen LogP contribution in [-0.4, -0.2) is 39.3 Å². The molecule has 6 nitrogen and oxygen atoms in total. The first-order valence-corrected chi connectivity index (χ1v) is 3.62. The number of hydrogen-bond donors (Lipinski definition) is 0. The van der Waals surface area contributed by atoms with Crippen LogP contribution >= 0.6 is 0 Å². The topological polar surface area (TPSA) is 143 Å². The van der Waals surface area contributed by atoms with E-state index in [4.69, 9.17) is 34.4 Å². The van der Waals surface area contributed by atoms with Gasteiger partial charge in [-0.2, -0.15) is 39.3 Å². The van der Waals surface area contributed by atoms with Gasteiger partial charge in [0.05, 0.1) is 0 Å². The number of hydrogen-bond acceptors (Lipinski definition) is 0. The summed E-state index contributed by atoms with van der Waals surface area (Å²) in [6.45, 7) is 1.42. The molecule has 0 rings (SSSR count). The molecule has 0 aromatic rings. The van der Waals surface area contributed by atoms with Gasteiger partial charge in [-0.25, -0.2) is 0 Å². The Hall–Kier alpha value is 1.14. The van der Waals surface area contributed by atoms with Crippen molar-refractivity contribution < 1.29 is 54.0 Å². The molecule has 0 atom stereocenters. The third-order valence-electron chi connectivity index (χ3n) is 0.375. The molecule has 0 aliphatic heterocycles. The molecule has 0 amide bonds. The second-order valence-corrected chi connectivity index (χ2v) is 1.50. The minimum Gasteiger partial charge on any atom is -1.00 e. The van der Waals surface area contributed by atoms with Crippen LogP contribution in [0.2, 0.25) is 0 Å². The van der Waals surface area contributed by atoms with E-state index in [-0.39, 0.29) is 93.3 Å². The van der Waals surface area contributed by atoms with Crippen molar-refractivity contribution in [3.8, 4) is 0 Å². The van der Waals surface area contributed by atoms with Crippen molar-refractivity contribution in [1.29, 1.82) is 0 Å². The van der Waals surface area contributed by atoms with Gasteiger partial charge in [0.1, 0.15) is 0 Å². The summed E-state index contributed by atoms with van der Waals surface area (Å²) in [5, 5.41) is 0. The fourth-order valence-corrected chi connectivity index (χ4v) is 0. The number of halogens is 3. The summed E-state index contributed by atoms with van der Waals surface area (Å²) in [7, 11) is 0. The Bertz CT molecular complexity index is 43.7. The number of rotatable bonds is 3. The fourth-order valence-electron chi connectivity index (χ4n) is 0. The Morgan fingerprint density at radius 3 is 0.438 bits per heavy atom. The zero-order valence-corrected chi connectivity index (χ0v) is 12.0. The molecule has 0 aromatic heterocycles. The van der Waals surface area contributed by atoms with Crippen LogP contribution in [0.15, 0.2) is 0 Å². The molecule has 0 saturated heterocycles. The maximum absolute atomic E-state index is 6.26. The van der Waals surface area contributed by atoms with Crippen LogP contribution in [0.4, 0.5) is 0 Å². The summed E-state index contributed by atoms with van der Waals surface area (Å²) in [6.07, 6.45) is 0. The first-order chi connectivity index (χ1) is 5.74. The molecule has 0 aliphatic rings. The van der Waals surface area contributed by atoms with Crippen molar-refractivity contribution in [2.24, 2.45) is 0 Å². The quantitative estimate of drug-likeness (QED) is 0.483. The van der Waals surface area contributed by atoms with Gasteiger partial charge >= 0.3 is 16.8 Å². The standard InChI is InChI=1S/3C2H6N2.3ClH.Co/c3*3-1-2-4;;;;/h3*3-4H,1-2H2;3*1H;/q3*-2;;;;+3/p-3. The molecule has 0 spiro atoms. The average Bonchev–Trinajstić information content (AvgIpc) is 2.18. The molecule has 6 N–H and O–H groups in total. The van der Waals surface area contributed by atoms with Crippen LogP contribution in [0.1, 0.15) is 0 Å². The first kappa shape index (κ1) is 43.4. The maximum Gasteiger partial charge on any atom is 3.00 e. The molecule has 108 valence electrons. The molecule has 0 heterocycles. The van der Waals surface area contributed by atoms with Crippen molar-refractivity contribution in [3.05, 3.63) is 34.4 Å². The molecule has 0 radical (unpaired) electrons. The summed E-state index contributed by atoms with van der Waals surface area (Å²) in [5.74, 6) is 0. The van der Waals surface area contributed by atoms with E-state index in [1.54, 1.807) is 0 Å². The van der Waals surface area contributed by atoms with Gasteiger partial charge in [-0.05, 0) is 0 Å². The Morgan fingerprint density at radius 2 is 0.438 bits per heavy atom. The number of nitrogens with one attached hydrogen (secondary N) is 6. The molecule has 0 fully saturated rings. The van der Waals surface area contributed by atoms with E-state index in [1.165, 1.54) is 0 Å². The van der Waals surface area contributed by atoms with Crippen LogP contribution in [0.5, 0.6) is 0 Å². The monoisotopic (exact) mass is 338 g/mol. The van der Waals surface area contributed by atoms with Crippen molar-refractivity contribution in [2.45, 2.75) is 0 Å². The van der Waals surface area contributed by atoms with E-state index in [1.807, 2.05) is 0 Å². The zero-order chi connectivity index (χ0) is 10.2. The molecular formula is C6H18Cl3CoN6-6. The summed E-state index contributed by atoms with van der Waals surface area (Å²) >= 11 is 0. The smallest absolute Gasteiger partial charge is 1.00 e. The molecule has 10 heteroatoms. The summed E-state index contributed by atoms with van der Waals surface area (Å²) in [6, 6.07) is 0. The molecule has 16 heavy (non-hydrogen) atoms.